The molecule has 0 aliphatic rings. The minimum absolute atomic E-state index is 0.00935. The van der Waals surface area contributed by atoms with E-state index in [0.717, 1.165) is 16.8 Å². The molecule has 1 atom stereocenters. The Balaban J connectivity index is 1.85. The predicted octanol–water partition coefficient (Wildman–Crippen LogP) is 3.43. The number of benzene rings is 2. The Bertz CT molecular complexity index is 663. The molecule has 4 heteroatoms. The highest BCUT2D eigenvalue weighted by molar-refractivity contribution is 5.31. The molecule has 0 amide bonds. The average Bonchev–Trinajstić information content (AvgIpc) is 3.04. The van der Waals surface area contributed by atoms with Crippen LogP contribution in [0.1, 0.15) is 22.9 Å². The van der Waals surface area contributed by atoms with Crippen LogP contribution < -0.4 is 5.32 Å². The average molecular weight is 281 g/mol. The number of imidazole rings is 1. The zero-order valence-electron chi connectivity index (χ0n) is 11.5. The molecule has 0 saturated carbocycles. The smallest absolute Gasteiger partial charge is 0.123 e. The van der Waals surface area contributed by atoms with E-state index in [1.165, 1.54) is 12.1 Å². The summed E-state index contributed by atoms with van der Waals surface area (Å²) < 4.78 is 13.1. The number of rotatable bonds is 5. The van der Waals surface area contributed by atoms with E-state index in [1.54, 1.807) is 12.5 Å². The van der Waals surface area contributed by atoms with Crippen LogP contribution in [-0.2, 0) is 6.54 Å². The quantitative estimate of drug-likeness (QED) is 0.752. The van der Waals surface area contributed by atoms with Crippen LogP contribution >= 0.6 is 0 Å². The van der Waals surface area contributed by atoms with E-state index in [9.17, 15) is 4.39 Å². The highest BCUT2D eigenvalue weighted by Gasteiger charge is 2.13. The largest absolute Gasteiger partial charge is 0.347 e. The number of nitrogens with one attached hydrogen (secondary N) is 2. The number of aromatic nitrogens is 2. The van der Waals surface area contributed by atoms with Gasteiger partial charge in [-0.1, -0.05) is 42.5 Å². The fraction of sp³-hybridized carbons (Fsp3) is 0.118. The third kappa shape index (κ3) is 3.35. The van der Waals surface area contributed by atoms with Gasteiger partial charge in [-0.2, -0.15) is 0 Å². The monoisotopic (exact) mass is 281 g/mol. The second kappa shape index (κ2) is 6.33. The fourth-order valence-electron chi connectivity index (χ4n) is 2.32. The second-order valence-corrected chi connectivity index (χ2v) is 4.85. The summed E-state index contributed by atoms with van der Waals surface area (Å²) in [6.07, 6.45) is 3.45. The summed E-state index contributed by atoms with van der Waals surface area (Å²) in [4.78, 5) is 7.08. The van der Waals surface area contributed by atoms with Crippen LogP contribution in [0.3, 0.4) is 0 Å². The third-order valence-corrected chi connectivity index (χ3v) is 3.39. The van der Waals surface area contributed by atoms with E-state index in [-0.39, 0.29) is 11.9 Å². The lowest BCUT2D eigenvalue weighted by Crippen LogP contribution is -2.22. The van der Waals surface area contributed by atoms with Gasteiger partial charge in [0.2, 0.25) is 0 Å². The molecule has 1 aromatic heterocycles. The molecule has 0 spiro atoms. The topological polar surface area (TPSA) is 40.7 Å². The Morgan fingerprint density at radius 1 is 1.00 bits per heavy atom. The molecule has 0 aliphatic heterocycles. The highest BCUT2D eigenvalue weighted by atomic mass is 19.1. The van der Waals surface area contributed by atoms with Crippen LogP contribution in [0.15, 0.2) is 67.1 Å². The van der Waals surface area contributed by atoms with Crippen molar-refractivity contribution >= 4 is 0 Å². The number of halogens is 1. The van der Waals surface area contributed by atoms with Gasteiger partial charge in [-0.05, 0) is 23.3 Å². The van der Waals surface area contributed by atoms with Crippen molar-refractivity contribution in [2.75, 3.05) is 0 Å². The standard InChI is InChI=1S/C17H16FN3/c18-15-8-6-14(7-9-15)17(13-4-2-1-3-5-13)20-11-16-10-19-12-21-16/h1-10,12,17,20H,11H2,(H,19,21). The van der Waals surface area contributed by atoms with Crippen molar-refractivity contribution in [2.45, 2.75) is 12.6 Å². The summed E-state index contributed by atoms with van der Waals surface area (Å²) in [5.74, 6) is -0.223. The van der Waals surface area contributed by atoms with E-state index in [2.05, 4.69) is 27.4 Å². The predicted molar refractivity (Wildman–Crippen MR) is 80.1 cm³/mol. The van der Waals surface area contributed by atoms with E-state index in [4.69, 9.17) is 0 Å². The van der Waals surface area contributed by atoms with Gasteiger partial charge in [0.15, 0.2) is 0 Å². The molecule has 0 saturated heterocycles. The maximum Gasteiger partial charge on any atom is 0.123 e. The summed E-state index contributed by atoms with van der Waals surface area (Å²) in [5, 5.41) is 3.48. The van der Waals surface area contributed by atoms with Gasteiger partial charge in [0.25, 0.3) is 0 Å². The van der Waals surface area contributed by atoms with E-state index in [1.807, 2.05) is 30.3 Å². The molecule has 3 nitrogen and oxygen atoms in total. The van der Waals surface area contributed by atoms with Crippen molar-refractivity contribution in [1.82, 2.24) is 15.3 Å². The molecule has 3 aromatic rings. The molecule has 21 heavy (non-hydrogen) atoms. The van der Waals surface area contributed by atoms with Crippen molar-refractivity contribution in [3.05, 3.63) is 89.8 Å². The van der Waals surface area contributed by atoms with Crippen LogP contribution in [0.2, 0.25) is 0 Å². The lowest BCUT2D eigenvalue weighted by molar-refractivity contribution is 0.592. The minimum atomic E-state index is -0.223. The molecule has 1 unspecified atom stereocenters. The molecule has 1 heterocycles. The van der Waals surface area contributed by atoms with Gasteiger partial charge in [-0.3, -0.25) is 0 Å². The lowest BCUT2D eigenvalue weighted by Gasteiger charge is -2.19. The van der Waals surface area contributed by atoms with Gasteiger partial charge in [-0.25, -0.2) is 9.37 Å². The zero-order valence-corrected chi connectivity index (χ0v) is 11.5. The van der Waals surface area contributed by atoms with E-state index in [0.29, 0.717) is 6.54 Å². The van der Waals surface area contributed by atoms with Gasteiger partial charge in [0, 0.05) is 18.4 Å². The molecule has 0 bridgehead atoms. The Kier molecular flexibility index (Phi) is 4.07. The van der Waals surface area contributed by atoms with Gasteiger partial charge < -0.3 is 10.3 Å². The van der Waals surface area contributed by atoms with Crippen molar-refractivity contribution in [1.29, 1.82) is 0 Å². The summed E-state index contributed by atoms with van der Waals surface area (Å²) in [6, 6.07) is 16.7. The zero-order chi connectivity index (χ0) is 14.5. The first-order chi connectivity index (χ1) is 10.3. The van der Waals surface area contributed by atoms with Crippen molar-refractivity contribution in [2.24, 2.45) is 0 Å². The molecule has 0 aliphatic carbocycles. The Labute approximate surface area is 122 Å². The first-order valence-corrected chi connectivity index (χ1v) is 6.84. The summed E-state index contributed by atoms with van der Waals surface area (Å²) in [7, 11) is 0. The minimum Gasteiger partial charge on any atom is -0.347 e. The van der Waals surface area contributed by atoms with Gasteiger partial charge in [0.1, 0.15) is 5.82 Å². The number of nitrogens with zero attached hydrogens (tertiary/aromatic N) is 1. The molecule has 3 rings (SSSR count). The van der Waals surface area contributed by atoms with Crippen molar-refractivity contribution < 1.29 is 4.39 Å². The maximum atomic E-state index is 13.1. The SMILES string of the molecule is Fc1ccc(C(NCc2cnc[nH]2)c2ccccc2)cc1. The Morgan fingerprint density at radius 2 is 1.71 bits per heavy atom. The second-order valence-electron chi connectivity index (χ2n) is 4.85. The molecule has 106 valence electrons. The first-order valence-electron chi connectivity index (χ1n) is 6.84. The number of hydrogen-bond acceptors (Lipinski definition) is 2. The van der Waals surface area contributed by atoms with Crippen LogP contribution in [0.25, 0.3) is 0 Å². The Morgan fingerprint density at radius 3 is 2.38 bits per heavy atom. The molecular formula is C17H16FN3. The van der Waals surface area contributed by atoms with Crippen LogP contribution in [-0.4, -0.2) is 9.97 Å². The number of H-pyrrole nitrogens is 1. The Hall–Kier alpha value is -2.46. The number of hydrogen-bond donors (Lipinski definition) is 2. The first kappa shape index (κ1) is 13.5. The lowest BCUT2D eigenvalue weighted by atomic mass is 9.98. The number of aromatic amines is 1. The van der Waals surface area contributed by atoms with Crippen molar-refractivity contribution in [3.8, 4) is 0 Å². The van der Waals surface area contributed by atoms with Crippen LogP contribution in [0.4, 0.5) is 4.39 Å². The molecule has 0 fully saturated rings. The van der Waals surface area contributed by atoms with Gasteiger partial charge in [-0.15, -0.1) is 0 Å². The molecule has 2 aromatic carbocycles. The fourth-order valence-corrected chi connectivity index (χ4v) is 2.32. The third-order valence-electron chi connectivity index (χ3n) is 3.39. The van der Waals surface area contributed by atoms with Crippen molar-refractivity contribution in [3.63, 3.8) is 0 Å². The summed E-state index contributed by atoms with van der Waals surface area (Å²) in [5.41, 5.74) is 3.18. The maximum absolute atomic E-state index is 13.1. The normalized spacial score (nSPS) is 12.2. The summed E-state index contributed by atoms with van der Waals surface area (Å²) >= 11 is 0. The van der Waals surface area contributed by atoms with Gasteiger partial charge in [0.05, 0.1) is 12.4 Å². The van der Waals surface area contributed by atoms with Crippen LogP contribution in [0, 0.1) is 5.82 Å². The van der Waals surface area contributed by atoms with Gasteiger partial charge >= 0.3 is 0 Å². The van der Waals surface area contributed by atoms with E-state index < -0.39 is 0 Å². The van der Waals surface area contributed by atoms with Crippen LogP contribution in [0.5, 0.6) is 0 Å². The summed E-state index contributed by atoms with van der Waals surface area (Å²) in [6.45, 7) is 0.664. The van der Waals surface area contributed by atoms with E-state index >= 15 is 0 Å². The molecule has 0 radical (unpaired) electrons. The molecule has 2 N–H and O–H groups in total. The molecular weight excluding hydrogens is 265 g/mol. The highest BCUT2D eigenvalue weighted by Crippen LogP contribution is 2.22.